The van der Waals surface area contributed by atoms with Crippen molar-refractivity contribution < 1.29 is 23.5 Å². The molecule has 1 amide bonds. The van der Waals surface area contributed by atoms with Crippen LogP contribution in [0.15, 0.2) is 18.2 Å². The van der Waals surface area contributed by atoms with Gasteiger partial charge in [0.25, 0.3) is 0 Å². The number of halogens is 2. The van der Waals surface area contributed by atoms with Crippen molar-refractivity contribution in [3.8, 4) is 0 Å². The summed E-state index contributed by atoms with van der Waals surface area (Å²) in [5.41, 5.74) is 5.20. The molecule has 1 aliphatic heterocycles. The van der Waals surface area contributed by atoms with E-state index in [0.717, 1.165) is 17.0 Å². The Morgan fingerprint density at radius 2 is 2.16 bits per heavy atom. The van der Waals surface area contributed by atoms with E-state index in [1.54, 1.807) is 0 Å². The molecule has 0 bridgehead atoms. The number of rotatable bonds is 3. The Kier molecular flexibility index (Phi) is 3.48. The summed E-state index contributed by atoms with van der Waals surface area (Å²) in [5, 5.41) is 9.18. The highest BCUT2D eigenvalue weighted by Crippen LogP contribution is 2.28. The van der Waals surface area contributed by atoms with Crippen LogP contribution in [0.1, 0.15) is 18.0 Å². The van der Waals surface area contributed by atoms with Crippen LogP contribution in [-0.4, -0.2) is 34.5 Å². The standard InChI is InChI=1S/C12H12F2N2O3/c13-8-3-1-2-7(10(8)14)11(12(18)19)16-5-6(15)4-9(16)17/h1-3,6,11H,4-5,15H2,(H,18,19). The largest absolute Gasteiger partial charge is 0.479 e. The molecule has 0 aliphatic carbocycles. The minimum absolute atomic E-state index is 0.000709. The lowest BCUT2D eigenvalue weighted by Gasteiger charge is -2.25. The highest BCUT2D eigenvalue weighted by atomic mass is 19.2. The lowest BCUT2D eigenvalue weighted by Crippen LogP contribution is -2.37. The number of aliphatic carboxylic acids is 1. The van der Waals surface area contributed by atoms with Crippen molar-refractivity contribution in [2.24, 2.45) is 5.73 Å². The highest BCUT2D eigenvalue weighted by molar-refractivity contribution is 5.86. The van der Waals surface area contributed by atoms with E-state index < -0.39 is 35.6 Å². The first-order chi connectivity index (χ1) is 8.91. The maximum absolute atomic E-state index is 13.7. The molecule has 2 unspecified atom stereocenters. The van der Waals surface area contributed by atoms with Gasteiger partial charge in [0, 0.05) is 24.6 Å². The van der Waals surface area contributed by atoms with Crippen LogP contribution in [0.5, 0.6) is 0 Å². The zero-order valence-electron chi connectivity index (χ0n) is 9.85. The third-order valence-electron chi connectivity index (χ3n) is 3.01. The first kappa shape index (κ1) is 13.4. The van der Waals surface area contributed by atoms with E-state index in [0.29, 0.717) is 0 Å². The molecule has 1 saturated heterocycles. The van der Waals surface area contributed by atoms with Crippen molar-refractivity contribution in [3.63, 3.8) is 0 Å². The monoisotopic (exact) mass is 270 g/mol. The van der Waals surface area contributed by atoms with E-state index in [9.17, 15) is 23.5 Å². The second-order valence-corrected chi connectivity index (χ2v) is 4.39. The number of benzene rings is 1. The lowest BCUT2D eigenvalue weighted by atomic mass is 10.0. The van der Waals surface area contributed by atoms with Gasteiger partial charge in [-0.05, 0) is 6.07 Å². The Hall–Kier alpha value is -2.02. The molecule has 1 aliphatic rings. The SMILES string of the molecule is NC1CC(=O)N(C(C(=O)O)c2cccc(F)c2F)C1. The Balaban J connectivity index is 2.44. The van der Waals surface area contributed by atoms with E-state index in [2.05, 4.69) is 0 Å². The number of carboxylic acids is 1. The third-order valence-corrected chi connectivity index (χ3v) is 3.01. The normalized spacial score (nSPS) is 20.7. The van der Waals surface area contributed by atoms with Crippen LogP contribution in [0.4, 0.5) is 8.78 Å². The molecule has 2 atom stereocenters. The first-order valence-corrected chi connectivity index (χ1v) is 5.63. The van der Waals surface area contributed by atoms with Gasteiger partial charge in [0.1, 0.15) is 0 Å². The van der Waals surface area contributed by atoms with Crippen LogP contribution in [0.25, 0.3) is 0 Å². The Bertz CT molecular complexity index is 536. The van der Waals surface area contributed by atoms with Crippen LogP contribution in [0.2, 0.25) is 0 Å². The molecule has 2 rings (SSSR count). The van der Waals surface area contributed by atoms with Gasteiger partial charge >= 0.3 is 5.97 Å². The zero-order valence-corrected chi connectivity index (χ0v) is 9.85. The van der Waals surface area contributed by atoms with Gasteiger partial charge in [-0.15, -0.1) is 0 Å². The number of hydrogen-bond donors (Lipinski definition) is 2. The van der Waals surface area contributed by atoms with E-state index >= 15 is 0 Å². The van der Waals surface area contributed by atoms with Crippen molar-refractivity contribution in [1.82, 2.24) is 4.90 Å². The van der Waals surface area contributed by atoms with E-state index in [4.69, 9.17) is 5.73 Å². The third kappa shape index (κ3) is 2.41. The molecule has 0 spiro atoms. The molecule has 0 saturated carbocycles. The number of carbonyl (C=O) groups is 2. The number of carboxylic acid groups (broad SMARTS) is 1. The van der Waals surface area contributed by atoms with Gasteiger partial charge in [-0.3, -0.25) is 4.79 Å². The minimum atomic E-state index is -1.56. The summed E-state index contributed by atoms with van der Waals surface area (Å²) in [4.78, 5) is 23.9. The predicted molar refractivity (Wildman–Crippen MR) is 61.0 cm³/mol. The fraction of sp³-hybridized carbons (Fsp3) is 0.333. The summed E-state index contributed by atoms with van der Waals surface area (Å²) < 4.78 is 26.8. The fourth-order valence-electron chi connectivity index (χ4n) is 2.18. The average Bonchev–Trinajstić information content (AvgIpc) is 2.64. The maximum atomic E-state index is 13.7. The smallest absolute Gasteiger partial charge is 0.331 e. The molecule has 0 radical (unpaired) electrons. The molecule has 1 aromatic carbocycles. The van der Waals surface area contributed by atoms with Gasteiger partial charge in [-0.1, -0.05) is 12.1 Å². The van der Waals surface area contributed by atoms with Crippen LogP contribution >= 0.6 is 0 Å². The molecule has 1 aromatic rings. The summed E-state index contributed by atoms with van der Waals surface area (Å²) in [6, 6.07) is 1.18. The van der Waals surface area contributed by atoms with Crippen molar-refractivity contribution in [3.05, 3.63) is 35.4 Å². The molecule has 3 N–H and O–H groups in total. The number of hydrogen-bond acceptors (Lipinski definition) is 3. The Morgan fingerprint density at radius 1 is 1.47 bits per heavy atom. The summed E-state index contributed by atoms with van der Waals surface area (Å²) >= 11 is 0. The minimum Gasteiger partial charge on any atom is -0.479 e. The zero-order chi connectivity index (χ0) is 14.2. The second-order valence-electron chi connectivity index (χ2n) is 4.39. The van der Waals surface area contributed by atoms with Crippen molar-refractivity contribution in [1.29, 1.82) is 0 Å². The molecule has 1 fully saturated rings. The van der Waals surface area contributed by atoms with Gasteiger partial charge in [-0.25, -0.2) is 13.6 Å². The van der Waals surface area contributed by atoms with E-state index in [-0.39, 0.29) is 18.5 Å². The molecule has 0 aromatic heterocycles. The van der Waals surface area contributed by atoms with Crippen LogP contribution in [0, 0.1) is 11.6 Å². The van der Waals surface area contributed by atoms with E-state index in [1.165, 1.54) is 6.07 Å². The number of amides is 1. The van der Waals surface area contributed by atoms with Gasteiger partial charge in [0.2, 0.25) is 5.91 Å². The lowest BCUT2D eigenvalue weighted by molar-refractivity contribution is -0.148. The second kappa shape index (κ2) is 4.93. The summed E-state index contributed by atoms with van der Waals surface area (Å²) in [6.45, 7) is 0.00571. The number of carbonyl (C=O) groups excluding carboxylic acids is 1. The summed E-state index contributed by atoms with van der Waals surface area (Å²) in [7, 11) is 0. The number of nitrogens with two attached hydrogens (primary N) is 1. The quantitative estimate of drug-likeness (QED) is 0.844. The average molecular weight is 270 g/mol. The molecule has 7 heteroatoms. The summed E-state index contributed by atoms with van der Waals surface area (Å²) in [5.74, 6) is -4.32. The molecule has 19 heavy (non-hydrogen) atoms. The van der Waals surface area contributed by atoms with Crippen LogP contribution in [0.3, 0.4) is 0 Å². The first-order valence-electron chi connectivity index (χ1n) is 5.63. The Morgan fingerprint density at radius 3 is 2.68 bits per heavy atom. The molecular formula is C12H12F2N2O3. The van der Waals surface area contributed by atoms with Gasteiger partial charge in [0.15, 0.2) is 17.7 Å². The Labute approximate surface area is 107 Å². The highest BCUT2D eigenvalue weighted by Gasteiger charge is 2.38. The fourth-order valence-corrected chi connectivity index (χ4v) is 2.18. The van der Waals surface area contributed by atoms with Crippen LogP contribution in [-0.2, 0) is 9.59 Å². The van der Waals surface area contributed by atoms with E-state index in [1.807, 2.05) is 0 Å². The van der Waals surface area contributed by atoms with Crippen molar-refractivity contribution in [2.45, 2.75) is 18.5 Å². The van der Waals surface area contributed by atoms with Crippen molar-refractivity contribution in [2.75, 3.05) is 6.54 Å². The molecular weight excluding hydrogens is 258 g/mol. The molecule has 1 heterocycles. The van der Waals surface area contributed by atoms with Gasteiger partial charge in [-0.2, -0.15) is 0 Å². The summed E-state index contributed by atoms with van der Waals surface area (Å²) in [6.07, 6.45) is 0.000709. The van der Waals surface area contributed by atoms with Crippen molar-refractivity contribution >= 4 is 11.9 Å². The maximum Gasteiger partial charge on any atom is 0.331 e. The van der Waals surface area contributed by atoms with Gasteiger partial charge in [0.05, 0.1) is 0 Å². The van der Waals surface area contributed by atoms with Gasteiger partial charge < -0.3 is 15.7 Å². The van der Waals surface area contributed by atoms with Crippen LogP contribution < -0.4 is 5.73 Å². The predicted octanol–water partition coefficient (Wildman–Crippen LogP) is 0.650. The molecule has 5 nitrogen and oxygen atoms in total. The number of likely N-dealkylation sites (tertiary alicyclic amines) is 1. The number of nitrogens with zero attached hydrogens (tertiary/aromatic N) is 1. The topological polar surface area (TPSA) is 83.6 Å². The molecule has 102 valence electrons.